The number of furan rings is 1. The van der Waals surface area contributed by atoms with Gasteiger partial charge in [-0.2, -0.15) is 0 Å². The van der Waals surface area contributed by atoms with Gasteiger partial charge in [-0.1, -0.05) is 164 Å². The summed E-state index contributed by atoms with van der Waals surface area (Å²) in [6, 6.07) is 79.3. The van der Waals surface area contributed by atoms with Gasteiger partial charge in [0.25, 0.3) is 0 Å². The largest absolute Gasteiger partial charge is 0.437 e. The minimum absolute atomic E-state index is 0.661. The molecule has 0 N–H and O–H groups in total. The molecule has 0 saturated heterocycles. The van der Waals surface area contributed by atoms with Crippen LogP contribution in [0.2, 0.25) is 0 Å². The maximum absolute atomic E-state index is 6.32. The van der Waals surface area contributed by atoms with Gasteiger partial charge in [0.1, 0.15) is 5.58 Å². The molecule has 0 amide bonds. The van der Waals surface area contributed by atoms with Crippen LogP contribution in [0.3, 0.4) is 0 Å². The van der Waals surface area contributed by atoms with Crippen LogP contribution in [0.5, 0.6) is 0 Å². The number of aromatic nitrogens is 1. The summed E-state index contributed by atoms with van der Waals surface area (Å²) in [6.45, 7) is 0. The molecule has 2 nitrogen and oxygen atoms in total. The van der Waals surface area contributed by atoms with Crippen molar-refractivity contribution >= 4 is 54.4 Å². The zero-order chi connectivity index (χ0) is 40.3. The molecule has 2 heteroatoms. The molecule has 0 aliphatic carbocycles. The molecule has 0 atom stereocenters. The average molecular weight is 776 g/mol. The fraction of sp³-hybridized carbons (Fsp3) is 0. The van der Waals surface area contributed by atoms with Crippen LogP contribution < -0.4 is 0 Å². The first kappa shape index (κ1) is 34.9. The normalized spacial score (nSPS) is 11.6. The number of hydrogen-bond donors (Lipinski definition) is 0. The Balaban J connectivity index is 0.950. The van der Waals surface area contributed by atoms with E-state index >= 15 is 0 Å². The van der Waals surface area contributed by atoms with E-state index in [9.17, 15) is 0 Å². The van der Waals surface area contributed by atoms with Crippen LogP contribution in [0.25, 0.3) is 121 Å². The summed E-state index contributed by atoms with van der Waals surface area (Å²) >= 11 is 0. The van der Waals surface area contributed by atoms with Gasteiger partial charge in [-0.15, -0.1) is 0 Å². The second-order valence-corrected chi connectivity index (χ2v) is 15.9. The number of rotatable bonds is 6. The molecule has 10 aromatic carbocycles. The third-order valence-electron chi connectivity index (χ3n) is 12.3. The Morgan fingerprint density at radius 1 is 0.246 bits per heavy atom. The lowest BCUT2D eigenvalue weighted by atomic mass is 9.90. The molecule has 12 rings (SSSR count). The van der Waals surface area contributed by atoms with E-state index in [1.54, 1.807) is 6.20 Å². The average Bonchev–Trinajstić information content (AvgIpc) is 3.73. The summed E-state index contributed by atoms with van der Waals surface area (Å²) in [5.74, 6) is 0. The molecule has 0 radical (unpaired) electrons. The Bertz CT molecular complexity index is 3620. The highest BCUT2D eigenvalue weighted by atomic mass is 16.3. The summed E-state index contributed by atoms with van der Waals surface area (Å²) in [5, 5.41) is 9.82. The molecule has 0 spiro atoms. The van der Waals surface area contributed by atoms with Crippen LogP contribution in [0, 0.1) is 0 Å². The number of hydrogen-bond acceptors (Lipinski definition) is 2. The van der Waals surface area contributed by atoms with E-state index in [1.165, 1.54) is 71.3 Å². The minimum atomic E-state index is 0.661. The fourth-order valence-corrected chi connectivity index (χ4v) is 9.33. The Kier molecular flexibility index (Phi) is 8.21. The number of pyridine rings is 1. The second-order valence-electron chi connectivity index (χ2n) is 15.9. The van der Waals surface area contributed by atoms with Gasteiger partial charge < -0.3 is 4.42 Å². The van der Waals surface area contributed by atoms with Crippen LogP contribution in [0.15, 0.2) is 229 Å². The van der Waals surface area contributed by atoms with E-state index < -0.39 is 0 Å². The first-order valence-electron chi connectivity index (χ1n) is 20.8. The monoisotopic (exact) mass is 775 g/mol. The predicted molar refractivity (Wildman–Crippen MR) is 257 cm³/mol. The van der Waals surface area contributed by atoms with Crippen LogP contribution in [-0.2, 0) is 0 Å². The molecular weight excluding hydrogens is 739 g/mol. The van der Waals surface area contributed by atoms with Gasteiger partial charge in [-0.3, -0.25) is 0 Å². The highest BCUT2D eigenvalue weighted by molar-refractivity contribution is 6.25. The Labute approximate surface area is 353 Å². The minimum Gasteiger partial charge on any atom is -0.437 e. The number of benzene rings is 10. The lowest BCUT2D eigenvalue weighted by Gasteiger charge is -2.14. The smallest absolute Gasteiger partial charge is 0.227 e. The van der Waals surface area contributed by atoms with E-state index in [4.69, 9.17) is 4.42 Å². The maximum atomic E-state index is 6.32. The number of fused-ring (bicyclic) bond motifs is 9. The zero-order valence-electron chi connectivity index (χ0n) is 33.2. The molecule has 0 aliphatic heterocycles. The SMILES string of the molecule is c1ccc(-c2cc(-c3cccc(-c4cccc(-c5cccc6c5oc5ncccc56)c4)c3)cc(-c3cccc(-c4ccc5c6ccccc6c6ccccc6c5c4)c3)c2)cc1. The quantitative estimate of drug-likeness (QED) is 0.157. The highest BCUT2D eigenvalue weighted by Gasteiger charge is 2.15. The molecule has 0 aliphatic rings. The van der Waals surface area contributed by atoms with Crippen molar-refractivity contribution in [3.63, 3.8) is 0 Å². The number of nitrogens with zero attached hydrogens (tertiary/aromatic N) is 1. The van der Waals surface area contributed by atoms with Gasteiger partial charge >= 0.3 is 0 Å². The summed E-state index contributed by atoms with van der Waals surface area (Å²) < 4.78 is 6.32. The molecule has 61 heavy (non-hydrogen) atoms. The van der Waals surface area contributed by atoms with Crippen molar-refractivity contribution in [2.45, 2.75) is 0 Å². The Hall–Kier alpha value is -8.07. The van der Waals surface area contributed by atoms with Crippen LogP contribution in [-0.4, -0.2) is 4.98 Å². The lowest BCUT2D eigenvalue weighted by Crippen LogP contribution is -1.88. The van der Waals surface area contributed by atoms with E-state index in [1.807, 2.05) is 6.07 Å². The zero-order valence-corrected chi connectivity index (χ0v) is 33.2. The second kappa shape index (κ2) is 14.3. The third kappa shape index (κ3) is 6.08. The summed E-state index contributed by atoms with van der Waals surface area (Å²) in [4.78, 5) is 4.49. The standard InChI is InChI=1S/C59H37NO/c1-2-13-38(14-3-1)46-34-47(42-18-8-15-39(31-42)41-17-10-20-45(33-41)49-25-11-26-55-56-27-12-30-60-59(56)61-58(49)55)36-48(35-46)43-19-9-16-40(32-43)44-28-29-54-52-23-5-4-21-50(52)51-22-6-7-24-53(51)57(54)37-44/h1-37H. The summed E-state index contributed by atoms with van der Waals surface area (Å²) in [6.07, 6.45) is 1.78. The molecule has 12 aromatic rings. The van der Waals surface area contributed by atoms with Crippen molar-refractivity contribution in [3.8, 4) is 66.8 Å². The van der Waals surface area contributed by atoms with E-state index in [2.05, 4.69) is 217 Å². The first-order valence-corrected chi connectivity index (χ1v) is 20.8. The Morgan fingerprint density at radius 2 is 0.656 bits per heavy atom. The van der Waals surface area contributed by atoms with Gasteiger partial charge in [0.2, 0.25) is 5.71 Å². The lowest BCUT2D eigenvalue weighted by molar-refractivity contribution is 0.655. The molecule has 0 saturated carbocycles. The molecular formula is C59H37NO. The van der Waals surface area contributed by atoms with Gasteiger partial charge in [-0.05, 0) is 148 Å². The highest BCUT2D eigenvalue weighted by Crippen LogP contribution is 2.40. The predicted octanol–water partition coefficient (Wildman–Crippen LogP) is 16.4. The fourth-order valence-electron chi connectivity index (χ4n) is 9.33. The van der Waals surface area contributed by atoms with Crippen LogP contribution in [0.1, 0.15) is 0 Å². The summed E-state index contributed by atoms with van der Waals surface area (Å²) in [5.41, 5.74) is 15.4. The van der Waals surface area contributed by atoms with E-state index in [0.29, 0.717) is 5.71 Å². The maximum Gasteiger partial charge on any atom is 0.227 e. The van der Waals surface area contributed by atoms with Crippen LogP contribution >= 0.6 is 0 Å². The van der Waals surface area contributed by atoms with Crippen molar-refractivity contribution in [1.82, 2.24) is 4.98 Å². The third-order valence-corrected chi connectivity index (χ3v) is 12.3. The number of para-hydroxylation sites is 1. The summed E-state index contributed by atoms with van der Waals surface area (Å²) in [7, 11) is 0. The van der Waals surface area contributed by atoms with Gasteiger partial charge in [0.15, 0.2) is 0 Å². The molecule has 0 unspecified atom stereocenters. The van der Waals surface area contributed by atoms with Crippen molar-refractivity contribution in [3.05, 3.63) is 225 Å². The Morgan fingerprint density at radius 3 is 1.28 bits per heavy atom. The van der Waals surface area contributed by atoms with Crippen molar-refractivity contribution in [2.75, 3.05) is 0 Å². The van der Waals surface area contributed by atoms with Gasteiger partial charge in [-0.25, -0.2) is 4.98 Å². The van der Waals surface area contributed by atoms with E-state index in [0.717, 1.165) is 44.2 Å². The van der Waals surface area contributed by atoms with Crippen molar-refractivity contribution < 1.29 is 4.42 Å². The molecule has 2 heterocycles. The van der Waals surface area contributed by atoms with Crippen molar-refractivity contribution in [2.24, 2.45) is 0 Å². The van der Waals surface area contributed by atoms with Crippen molar-refractivity contribution in [1.29, 1.82) is 0 Å². The molecule has 0 bridgehead atoms. The topological polar surface area (TPSA) is 26.0 Å². The first-order chi connectivity index (χ1) is 30.2. The van der Waals surface area contributed by atoms with Gasteiger partial charge in [0, 0.05) is 22.5 Å². The van der Waals surface area contributed by atoms with E-state index in [-0.39, 0.29) is 0 Å². The van der Waals surface area contributed by atoms with Gasteiger partial charge in [0.05, 0.1) is 0 Å². The van der Waals surface area contributed by atoms with Crippen LogP contribution in [0.4, 0.5) is 0 Å². The molecule has 2 aromatic heterocycles. The molecule has 0 fully saturated rings. The molecule has 284 valence electrons.